The number of hydrogen-bond acceptors (Lipinski definition) is 1. The van der Waals surface area contributed by atoms with E-state index in [1.807, 2.05) is 0 Å². The van der Waals surface area contributed by atoms with Gasteiger partial charge in [0.05, 0.1) is 0 Å². The predicted molar refractivity (Wildman–Crippen MR) is 65.3 cm³/mol. The maximum atomic E-state index is 2.48. The molecule has 0 spiro atoms. The molecular weight excluding hydrogens is 273 g/mol. The zero-order valence-corrected chi connectivity index (χ0v) is 10.2. The van der Waals surface area contributed by atoms with Crippen LogP contribution in [0.3, 0.4) is 0 Å². The molecule has 0 saturated carbocycles. The van der Waals surface area contributed by atoms with Crippen molar-refractivity contribution in [2.45, 2.75) is 26.3 Å². The van der Waals surface area contributed by atoms with Gasteiger partial charge in [0.2, 0.25) is 0 Å². The highest BCUT2D eigenvalue weighted by Gasteiger charge is 2.20. The molecule has 0 fully saturated rings. The highest BCUT2D eigenvalue weighted by Crippen LogP contribution is 2.30. The zero-order chi connectivity index (χ0) is 9.42. The Morgan fingerprint density at radius 1 is 1.38 bits per heavy atom. The van der Waals surface area contributed by atoms with Gasteiger partial charge in [-0.3, -0.25) is 0 Å². The zero-order valence-electron chi connectivity index (χ0n) is 8.05. The van der Waals surface area contributed by atoms with Crippen LogP contribution in [-0.4, -0.2) is 12.6 Å². The molecule has 1 aliphatic rings. The largest absolute Gasteiger partial charge is 0.369 e. The van der Waals surface area contributed by atoms with E-state index in [0.717, 1.165) is 0 Å². The van der Waals surface area contributed by atoms with E-state index in [1.54, 1.807) is 0 Å². The lowest BCUT2D eigenvalue weighted by Gasteiger charge is -2.23. The van der Waals surface area contributed by atoms with Crippen LogP contribution in [0.1, 0.15) is 19.4 Å². The summed E-state index contributed by atoms with van der Waals surface area (Å²) in [4.78, 5) is 2.48. The lowest BCUT2D eigenvalue weighted by atomic mass is 10.2. The number of hydrogen-bond donors (Lipinski definition) is 0. The maximum Gasteiger partial charge on any atom is 0.0402 e. The maximum absolute atomic E-state index is 2.48. The second-order valence-electron chi connectivity index (χ2n) is 3.81. The summed E-state index contributed by atoms with van der Waals surface area (Å²) in [6, 6.07) is 7.38. The molecule has 1 aromatic rings. The summed E-state index contributed by atoms with van der Waals surface area (Å²) in [5, 5.41) is 0. The number of benzene rings is 1. The van der Waals surface area contributed by atoms with Crippen molar-refractivity contribution in [1.82, 2.24) is 0 Å². The first-order valence-corrected chi connectivity index (χ1v) is 5.81. The molecule has 2 rings (SSSR count). The first-order valence-electron chi connectivity index (χ1n) is 4.73. The van der Waals surface area contributed by atoms with E-state index in [4.69, 9.17) is 0 Å². The molecule has 0 aromatic heterocycles. The van der Waals surface area contributed by atoms with Crippen LogP contribution >= 0.6 is 22.6 Å². The average molecular weight is 287 g/mol. The van der Waals surface area contributed by atoms with Crippen molar-refractivity contribution in [1.29, 1.82) is 0 Å². The van der Waals surface area contributed by atoms with Gasteiger partial charge in [0, 0.05) is 21.8 Å². The average Bonchev–Trinajstić information content (AvgIpc) is 2.46. The minimum absolute atomic E-state index is 0.626. The molecule has 70 valence electrons. The highest BCUT2D eigenvalue weighted by molar-refractivity contribution is 14.1. The van der Waals surface area contributed by atoms with Crippen LogP contribution in [0.25, 0.3) is 0 Å². The SMILES string of the molecule is CC(C)N1CCc2cc(I)ccc21. The molecule has 1 nitrogen and oxygen atoms in total. The molecule has 2 heteroatoms. The second kappa shape index (κ2) is 3.48. The van der Waals surface area contributed by atoms with Crippen LogP contribution in [0, 0.1) is 3.57 Å². The lowest BCUT2D eigenvalue weighted by Crippen LogP contribution is -2.28. The molecule has 0 saturated heterocycles. The summed E-state index contributed by atoms with van der Waals surface area (Å²) >= 11 is 2.38. The molecular formula is C11H14IN. The van der Waals surface area contributed by atoms with Crippen LogP contribution in [0.4, 0.5) is 5.69 Å². The Hall–Kier alpha value is -0.250. The first kappa shape index (κ1) is 9.31. The van der Waals surface area contributed by atoms with E-state index < -0.39 is 0 Å². The molecule has 0 unspecified atom stereocenters. The van der Waals surface area contributed by atoms with Crippen LogP contribution in [-0.2, 0) is 6.42 Å². The van der Waals surface area contributed by atoms with E-state index in [0.29, 0.717) is 6.04 Å². The summed E-state index contributed by atoms with van der Waals surface area (Å²) in [5.74, 6) is 0. The van der Waals surface area contributed by atoms with E-state index in [9.17, 15) is 0 Å². The molecule has 0 bridgehead atoms. The van der Waals surface area contributed by atoms with E-state index in [2.05, 4.69) is 59.5 Å². The van der Waals surface area contributed by atoms with Gasteiger partial charge in [-0.2, -0.15) is 0 Å². The topological polar surface area (TPSA) is 3.24 Å². The van der Waals surface area contributed by atoms with Gasteiger partial charge in [-0.1, -0.05) is 0 Å². The Morgan fingerprint density at radius 3 is 2.85 bits per heavy atom. The second-order valence-corrected chi connectivity index (χ2v) is 5.06. The summed E-state index contributed by atoms with van der Waals surface area (Å²) in [6.07, 6.45) is 1.21. The number of fused-ring (bicyclic) bond motifs is 1. The molecule has 0 N–H and O–H groups in total. The fraction of sp³-hybridized carbons (Fsp3) is 0.455. The smallest absolute Gasteiger partial charge is 0.0402 e. The van der Waals surface area contributed by atoms with E-state index >= 15 is 0 Å². The lowest BCUT2D eigenvalue weighted by molar-refractivity contribution is 0.710. The summed E-state index contributed by atoms with van der Waals surface area (Å²) < 4.78 is 1.35. The van der Waals surface area contributed by atoms with E-state index in [-0.39, 0.29) is 0 Å². The van der Waals surface area contributed by atoms with Gasteiger partial charge >= 0.3 is 0 Å². The number of halogens is 1. The van der Waals surface area contributed by atoms with E-state index in [1.165, 1.54) is 27.8 Å². The predicted octanol–water partition coefficient (Wildman–Crippen LogP) is 3.06. The van der Waals surface area contributed by atoms with Gasteiger partial charge in [-0.05, 0) is 66.6 Å². The number of anilines is 1. The van der Waals surface area contributed by atoms with Gasteiger partial charge in [-0.15, -0.1) is 0 Å². The molecule has 1 aromatic carbocycles. The molecule has 1 aliphatic heterocycles. The normalized spacial score (nSPS) is 15.2. The minimum atomic E-state index is 0.626. The van der Waals surface area contributed by atoms with Crippen molar-refractivity contribution in [3.05, 3.63) is 27.3 Å². The Bertz CT molecular complexity index is 320. The molecule has 1 heterocycles. The highest BCUT2D eigenvalue weighted by atomic mass is 127. The third kappa shape index (κ3) is 1.68. The molecule has 0 aliphatic carbocycles. The quantitative estimate of drug-likeness (QED) is 0.718. The van der Waals surface area contributed by atoms with Gasteiger partial charge < -0.3 is 4.90 Å². The van der Waals surface area contributed by atoms with Gasteiger partial charge in [0.15, 0.2) is 0 Å². The Balaban J connectivity index is 2.38. The van der Waals surface area contributed by atoms with Crippen LogP contribution in [0.15, 0.2) is 18.2 Å². The Kier molecular flexibility index (Phi) is 2.49. The monoisotopic (exact) mass is 287 g/mol. The number of rotatable bonds is 1. The molecule has 0 atom stereocenters. The Morgan fingerprint density at radius 2 is 2.15 bits per heavy atom. The third-order valence-corrected chi connectivity index (χ3v) is 3.27. The van der Waals surface area contributed by atoms with Crippen molar-refractivity contribution in [2.75, 3.05) is 11.4 Å². The molecule has 0 radical (unpaired) electrons. The van der Waals surface area contributed by atoms with Gasteiger partial charge in [0.25, 0.3) is 0 Å². The summed E-state index contributed by atoms with van der Waals surface area (Å²) in [7, 11) is 0. The van der Waals surface area contributed by atoms with Gasteiger partial charge in [-0.25, -0.2) is 0 Å². The van der Waals surface area contributed by atoms with Crippen molar-refractivity contribution in [3.63, 3.8) is 0 Å². The summed E-state index contributed by atoms with van der Waals surface area (Å²) in [5.41, 5.74) is 2.95. The molecule has 13 heavy (non-hydrogen) atoms. The van der Waals surface area contributed by atoms with Crippen molar-refractivity contribution in [3.8, 4) is 0 Å². The van der Waals surface area contributed by atoms with Gasteiger partial charge in [0.1, 0.15) is 0 Å². The van der Waals surface area contributed by atoms with Crippen molar-refractivity contribution < 1.29 is 0 Å². The van der Waals surface area contributed by atoms with Crippen LogP contribution < -0.4 is 4.90 Å². The van der Waals surface area contributed by atoms with Crippen molar-refractivity contribution in [2.24, 2.45) is 0 Å². The fourth-order valence-electron chi connectivity index (χ4n) is 1.93. The standard InChI is InChI=1S/C11H14IN/c1-8(2)13-6-5-9-7-10(12)3-4-11(9)13/h3-4,7-8H,5-6H2,1-2H3. The minimum Gasteiger partial charge on any atom is -0.369 e. The Labute approximate surface area is 93.3 Å². The van der Waals surface area contributed by atoms with Crippen LogP contribution in [0.5, 0.6) is 0 Å². The molecule has 0 amide bonds. The third-order valence-electron chi connectivity index (χ3n) is 2.60. The first-order chi connectivity index (χ1) is 6.18. The van der Waals surface area contributed by atoms with Crippen molar-refractivity contribution >= 4 is 28.3 Å². The summed E-state index contributed by atoms with van der Waals surface area (Å²) in [6.45, 7) is 5.70. The fourth-order valence-corrected chi connectivity index (χ4v) is 2.49. The van der Waals surface area contributed by atoms with Crippen LogP contribution in [0.2, 0.25) is 0 Å². The number of nitrogens with zero attached hydrogens (tertiary/aromatic N) is 1.